The van der Waals surface area contributed by atoms with E-state index < -0.39 is 0 Å². The first kappa shape index (κ1) is 20.5. The standard InChI is InChI=1S/C24H23N5O2S/c30-22(28-12-10-27(11-13-28)15-18-6-8-25-9-7-18)16-29-17-26-23-20(24(29)31)14-21(32-23)19-4-2-1-3-5-19/h1-9,14,17H,10-13,15-16H2. The second-order valence-corrected chi connectivity index (χ2v) is 8.92. The van der Waals surface area contributed by atoms with Crippen LogP contribution in [0.2, 0.25) is 0 Å². The minimum absolute atomic E-state index is 0.0165. The van der Waals surface area contributed by atoms with Crippen molar-refractivity contribution in [2.75, 3.05) is 26.2 Å². The summed E-state index contributed by atoms with van der Waals surface area (Å²) < 4.78 is 1.43. The van der Waals surface area contributed by atoms with Crippen molar-refractivity contribution in [3.05, 3.63) is 83.2 Å². The summed E-state index contributed by atoms with van der Waals surface area (Å²) in [6.45, 7) is 3.81. The van der Waals surface area contributed by atoms with Crippen LogP contribution in [0.4, 0.5) is 0 Å². The Hall–Kier alpha value is -3.36. The largest absolute Gasteiger partial charge is 0.339 e. The van der Waals surface area contributed by atoms with Gasteiger partial charge in [-0.25, -0.2) is 4.98 Å². The van der Waals surface area contributed by atoms with Crippen LogP contribution in [0.15, 0.2) is 72.0 Å². The van der Waals surface area contributed by atoms with Gasteiger partial charge in [-0.3, -0.25) is 24.0 Å². The fourth-order valence-electron chi connectivity index (χ4n) is 3.96. The maximum atomic E-state index is 13.0. The predicted molar refractivity (Wildman–Crippen MR) is 125 cm³/mol. The van der Waals surface area contributed by atoms with Crippen LogP contribution in [-0.4, -0.2) is 56.4 Å². The van der Waals surface area contributed by atoms with E-state index in [1.807, 2.05) is 53.4 Å². The Labute approximate surface area is 189 Å². The number of fused-ring (bicyclic) bond motifs is 1. The summed E-state index contributed by atoms with van der Waals surface area (Å²) >= 11 is 1.49. The molecular weight excluding hydrogens is 422 g/mol. The van der Waals surface area contributed by atoms with Gasteiger partial charge in [0.05, 0.1) is 11.7 Å². The number of aromatic nitrogens is 3. The number of benzene rings is 1. The molecule has 1 fully saturated rings. The van der Waals surface area contributed by atoms with Crippen molar-refractivity contribution in [3.63, 3.8) is 0 Å². The summed E-state index contributed by atoms with van der Waals surface area (Å²) in [6, 6.07) is 15.8. The average molecular weight is 446 g/mol. The van der Waals surface area contributed by atoms with Crippen LogP contribution in [0, 0.1) is 0 Å². The fourth-order valence-corrected chi connectivity index (χ4v) is 4.96. The molecule has 0 spiro atoms. The normalized spacial score (nSPS) is 14.7. The summed E-state index contributed by atoms with van der Waals surface area (Å²) in [5.41, 5.74) is 2.11. The lowest BCUT2D eigenvalue weighted by Gasteiger charge is -2.34. The molecule has 8 heteroatoms. The Morgan fingerprint density at radius 3 is 2.50 bits per heavy atom. The van der Waals surface area contributed by atoms with Crippen LogP contribution < -0.4 is 5.56 Å². The molecule has 1 aromatic carbocycles. The first-order valence-electron chi connectivity index (χ1n) is 10.6. The zero-order valence-electron chi connectivity index (χ0n) is 17.6. The highest BCUT2D eigenvalue weighted by atomic mass is 32.1. The van der Waals surface area contributed by atoms with Crippen molar-refractivity contribution in [1.29, 1.82) is 0 Å². The molecule has 0 saturated carbocycles. The third-order valence-corrected chi connectivity index (χ3v) is 6.85. The highest BCUT2D eigenvalue weighted by Gasteiger charge is 2.22. The maximum absolute atomic E-state index is 13.0. The summed E-state index contributed by atoms with van der Waals surface area (Å²) in [5, 5.41) is 0.561. The van der Waals surface area contributed by atoms with Gasteiger partial charge >= 0.3 is 0 Å². The number of carbonyl (C=O) groups is 1. The van der Waals surface area contributed by atoms with Crippen molar-refractivity contribution in [2.24, 2.45) is 0 Å². The fraction of sp³-hybridized carbons (Fsp3) is 0.250. The van der Waals surface area contributed by atoms with Crippen molar-refractivity contribution in [1.82, 2.24) is 24.3 Å². The minimum atomic E-state index is -0.168. The highest BCUT2D eigenvalue weighted by Crippen LogP contribution is 2.30. The molecule has 1 aliphatic rings. The van der Waals surface area contributed by atoms with Gasteiger partial charge in [-0.1, -0.05) is 30.3 Å². The Morgan fingerprint density at radius 1 is 1.00 bits per heavy atom. The van der Waals surface area contributed by atoms with Crippen LogP contribution in [-0.2, 0) is 17.9 Å². The molecule has 4 aromatic rings. The molecule has 0 atom stereocenters. The van der Waals surface area contributed by atoms with Crippen LogP contribution >= 0.6 is 11.3 Å². The molecule has 0 N–H and O–H groups in total. The molecular formula is C24H23N5O2S. The van der Waals surface area contributed by atoms with Gasteiger partial charge in [0.25, 0.3) is 5.56 Å². The number of thiophene rings is 1. The summed E-state index contributed by atoms with van der Waals surface area (Å²) in [6.07, 6.45) is 5.09. The third-order valence-electron chi connectivity index (χ3n) is 5.76. The lowest BCUT2D eigenvalue weighted by atomic mass is 10.2. The molecule has 5 rings (SSSR count). The molecule has 32 heavy (non-hydrogen) atoms. The molecule has 1 amide bonds. The molecule has 7 nitrogen and oxygen atoms in total. The summed E-state index contributed by atoms with van der Waals surface area (Å²) in [5.74, 6) is -0.0460. The SMILES string of the molecule is O=C(Cn1cnc2sc(-c3ccccc3)cc2c1=O)N1CCN(Cc2ccncc2)CC1. The Kier molecular flexibility index (Phi) is 5.79. The van der Waals surface area contributed by atoms with Crippen molar-refractivity contribution in [2.45, 2.75) is 13.1 Å². The van der Waals surface area contributed by atoms with Gasteiger partial charge in [0.2, 0.25) is 5.91 Å². The monoisotopic (exact) mass is 445 g/mol. The van der Waals surface area contributed by atoms with E-state index in [-0.39, 0.29) is 18.0 Å². The highest BCUT2D eigenvalue weighted by molar-refractivity contribution is 7.21. The van der Waals surface area contributed by atoms with Crippen LogP contribution in [0.1, 0.15) is 5.56 Å². The van der Waals surface area contributed by atoms with E-state index in [0.717, 1.165) is 30.1 Å². The molecule has 0 aliphatic carbocycles. The lowest BCUT2D eigenvalue weighted by Crippen LogP contribution is -2.49. The lowest BCUT2D eigenvalue weighted by molar-refractivity contribution is -0.133. The third kappa shape index (κ3) is 4.32. The first-order valence-corrected chi connectivity index (χ1v) is 11.4. The first-order chi connectivity index (χ1) is 15.7. The van der Waals surface area contributed by atoms with Crippen molar-refractivity contribution in [3.8, 4) is 10.4 Å². The van der Waals surface area contributed by atoms with Gasteiger partial charge in [0.1, 0.15) is 11.4 Å². The van der Waals surface area contributed by atoms with E-state index in [9.17, 15) is 9.59 Å². The second kappa shape index (κ2) is 9.02. The van der Waals surface area contributed by atoms with Gasteiger partial charge in [-0.2, -0.15) is 0 Å². The number of hydrogen-bond acceptors (Lipinski definition) is 6. The zero-order valence-corrected chi connectivity index (χ0v) is 18.4. The Morgan fingerprint density at radius 2 is 1.75 bits per heavy atom. The van der Waals surface area contributed by atoms with E-state index in [2.05, 4.69) is 14.9 Å². The number of pyridine rings is 1. The van der Waals surface area contributed by atoms with E-state index in [1.54, 1.807) is 12.4 Å². The zero-order chi connectivity index (χ0) is 21.9. The Bertz CT molecular complexity index is 1280. The predicted octanol–water partition coefficient (Wildman–Crippen LogP) is 2.86. The number of amides is 1. The smallest absolute Gasteiger partial charge is 0.262 e. The van der Waals surface area contributed by atoms with Crippen molar-refractivity contribution >= 4 is 27.5 Å². The van der Waals surface area contributed by atoms with E-state index in [0.29, 0.717) is 23.3 Å². The minimum Gasteiger partial charge on any atom is -0.339 e. The van der Waals surface area contributed by atoms with Crippen LogP contribution in [0.5, 0.6) is 0 Å². The van der Waals surface area contributed by atoms with Crippen LogP contribution in [0.25, 0.3) is 20.7 Å². The van der Waals surface area contributed by atoms with E-state index in [4.69, 9.17) is 0 Å². The summed E-state index contributed by atoms with van der Waals surface area (Å²) in [4.78, 5) is 40.2. The summed E-state index contributed by atoms with van der Waals surface area (Å²) in [7, 11) is 0. The molecule has 4 heterocycles. The molecule has 162 valence electrons. The van der Waals surface area contributed by atoms with Gasteiger partial charge in [0.15, 0.2) is 0 Å². The number of rotatable bonds is 5. The van der Waals surface area contributed by atoms with E-state index >= 15 is 0 Å². The molecule has 1 saturated heterocycles. The molecule has 0 radical (unpaired) electrons. The van der Waals surface area contributed by atoms with Crippen molar-refractivity contribution < 1.29 is 4.79 Å². The van der Waals surface area contributed by atoms with Gasteiger partial charge in [0, 0.05) is 50.0 Å². The topological polar surface area (TPSA) is 71.3 Å². The van der Waals surface area contributed by atoms with Gasteiger partial charge < -0.3 is 4.90 Å². The molecule has 0 bridgehead atoms. The van der Waals surface area contributed by atoms with Gasteiger partial charge in [-0.15, -0.1) is 11.3 Å². The maximum Gasteiger partial charge on any atom is 0.262 e. The molecule has 1 aliphatic heterocycles. The van der Waals surface area contributed by atoms with Gasteiger partial charge in [-0.05, 0) is 29.3 Å². The molecule has 3 aromatic heterocycles. The van der Waals surface area contributed by atoms with Crippen LogP contribution in [0.3, 0.4) is 0 Å². The number of hydrogen-bond donors (Lipinski definition) is 0. The van der Waals surface area contributed by atoms with E-state index in [1.165, 1.54) is 27.8 Å². The second-order valence-electron chi connectivity index (χ2n) is 7.89. The number of carbonyl (C=O) groups excluding carboxylic acids is 1. The Balaban J connectivity index is 1.25. The average Bonchev–Trinajstić information content (AvgIpc) is 3.28. The number of nitrogens with zero attached hydrogens (tertiary/aromatic N) is 5. The number of piperazine rings is 1. The molecule has 0 unspecified atom stereocenters. The quantitative estimate of drug-likeness (QED) is 0.472.